The predicted octanol–water partition coefficient (Wildman–Crippen LogP) is 2.53. The number of amidine groups is 2. The second-order valence-corrected chi connectivity index (χ2v) is 8.73. The van der Waals surface area contributed by atoms with Crippen molar-refractivity contribution in [1.29, 1.82) is 0 Å². The number of carbonyl (C=O) groups excluding carboxylic acids is 3. The number of esters is 1. The number of amides is 2. The second-order valence-electron chi connectivity index (χ2n) is 7.62. The van der Waals surface area contributed by atoms with Crippen LogP contribution in [0.2, 0.25) is 0 Å². The number of para-hydroxylation sites is 1. The average molecular weight is 482 g/mol. The number of primary amides is 1. The van der Waals surface area contributed by atoms with Gasteiger partial charge in [-0.3, -0.25) is 19.4 Å². The van der Waals surface area contributed by atoms with E-state index in [1.54, 1.807) is 36.2 Å². The van der Waals surface area contributed by atoms with E-state index >= 15 is 0 Å². The number of hydrogen-bond donors (Lipinski definition) is 2. The fourth-order valence-corrected chi connectivity index (χ4v) is 4.41. The Hall–Kier alpha value is -3.66. The van der Waals surface area contributed by atoms with Gasteiger partial charge in [-0.2, -0.15) is 4.99 Å². The molecule has 9 nitrogen and oxygen atoms in total. The lowest BCUT2D eigenvalue weighted by atomic mass is 10.1. The van der Waals surface area contributed by atoms with Gasteiger partial charge >= 0.3 is 5.97 Å². The van der Waals surface area contributed by atoms with Gasteiger partial charge in [-0.25, -0.2) is 0 Å². The first-order valence-electron chi connectivity index (χ1n) is 10.7. The second kappa shape index (κ2) is 11.5. The van der Waals surface area contributed by atoms with Crippen LogP contribution in [0.25, 0.3) is 0 Å². The zero-order valence-corrected chi connectivity index (χ0v) is 20.0. The number of methoxy groups -OCH3 is 1. The van der Waals surface area contributed by atoms with Crippen molar-refractivity contribution in [3.05, 3.63) is 65.7 Å². The van der Waals surface area contributed by atoms with Gasteiger partial charge in [0.1, 0.15) is 11.1 Å². The maximum atomic E-state index is 12.7. The van der Waals surface area contributed by atoms with Crippen molar-refractivity contribution in [1.82, 2.24) is 4.90 Å². The summed E-state index contributed by atoms with van der Waals surface area (Å²) in [6, 6.07) is 16.2. The van der Waals surface area contributed by atoms with E-state index in [1.807, 2.05) is 37.3 Å². The molecule has 178 valence electrons. The average Bonchev–Trinajstić information content (AvgIpc) is 3.12. The monoisotopic (exact) mass is 481 g/mol. The van der Waals surface area contributed by atoms with Crippen LogP contribution in [0.3, 0.4) is 0 Å². The quantitative estimate of drug-likeness (QED) is 0.353. The third-order valence-corrected chi connectivity index (χ3v) is 6.79. The molecule has 0 aliphatic carbocycles. The molecule has 1 fully saturated rings. The minimum absolute atomic E-state index is 0.149. The molecule has 2 unspecified atom stereocenters. The van der Waals surface area contributed by atoms with Crippen LogP contribution < -0.4 is 11.1 Å². The minimum Gasteiger partial charge on any atom is -0.469 e. The maximum Gasteiger partial charge on any atom is 0.307 e. The van der Waals surface area contributed by atoms with Crippen LogP contribution >= 0.6 is 11.8 Å². The Morgan fingerprint density at radius 2 is 1.74 bits per heavy atom. The summed E-state index contributed by atoms with van der Waals surface area (Å²) in [6.07, 6.45) is 0.153. The number of nitrogens with one attached hydrogen (secondary N) is 1. The van der Waals surface area contributed by atoms with Gasteiger partial charge in [-0.05, 0) is 31.2 Å². The van der Waals surface area contributed by atoms with E-state index in [2.05, 4.69) is 20.0 Å². The summed E-state index contributed by atoms with van der Waals surface area (Å²) in [7, 11) is 3.12. The lowest BCUT2D eigenvalue weighted by Crippen LogP contribution is -2.37. The van der Waals surface area contributed by atoms with Crippen molar-refractivity contribution in [2.75, 3.05) is 26.0 Å². The van der Waals surface area contributed by atoms with Crippen LogP contribution in [0.5, 0.6) is 0 Å². The van der Waals surface area contributed by atoms with Gasteiger partial charge in [0, 0.05) is 29.9 Å². The summed E-state index contributed by atoms with van der Waals surface area (Å²) in [5, 5.41) is 3.26. The molecule has 1 heterocycles. The number of aliphatic imine (C=N–C) groups is 2. The highest BCUT2D eigenvalue weighted by atomic mass is 32.2. The Morgan fingerprint density at radius 3 is 2.32 bits per heavy atom. The molecule has 3 N–H and O–H groups in total. The summed E-state index contributed by atoms with van der Waals surface area (Å²) >= 11 is 1.19. The van der Waals surface area contributed by atoms with E-state index in [9.17, 15) is 14.4 Å². The first kappa shape index (κ1) is 25.0. The number of anilines is 1. The first-order valence-corrected chi connectivity index (χ1v) is 11.5. The lowest BCUT2D eigenvalue weighted by Gasteiger charge is -2.18. The fourth-order valence-electron chi connectivity index (χ4n) is 3.22. The molecule has 1 saturated heterocycles. The summed E-state index contributed by atoms with van der Waals surface area (Å²) in [5.41, 5.74) is 7.42. The molecule has 3 rings (SSSR count). The molecule has 2 atom stereocenters. The Balaban J connectivity index is 1.78. The summed E-state index contributed by atoms with van der Waals surface area (Å²) in [4.78, 5) is 46.3. The molecule has 0 aromatic heterocycles. The number of benzene rings is 2. The Kier molecular flexibility index (Phi) is 8.42. The number of rotatable bonds is 7. The van der Waals surface area contributed by atoms with Gasteiger partial charge < -0.3 is 20.7 Å². The summed E-state index contributed by atoms with van der Waals surface area (Å²) < 4.78 is 4.68. The molecule has 1 aliphatic rings. The number of carbonyl (C=O) groups is 3. The zero-order chi connectivity index (χ0) is 24.7. The summed E-state index contributed by atoms with van der Waals surface area (Å²) in [5.74, 6) is -0.634. The van der Waals surface area contributed by atoms with Crippen molar-refractivity contribution >= 4 is 46.2 Å². The van der Waals surface area contributed by atoms with Crippen LogP contribution in [0.15, 0.2) is 64.6 Å². The normalized spacial score (nSPS) is 19.2. The molecule has 34 heavy (non-hydrogen) atoms. The molecule has 0 bridgehead atoms. The van der Waals surface area contributed by atoms with E-state index in [0.29, 0.717) is 16.6 Å². The zero-order valence-electron chi connectivity index (χ0n) is 19.2. The van der Waals surface area contributed by atoms with E-state index in [-0.39, 0.29) is 25.0 Å². The number of nitrogens with zero attached hydrogens (tertiary/aromatic N) is 3. The number of thioether (sulfide) groups is 1. The Bertz CT molecular complexity index is 1100. The molecule has 2 amide bonds. The third kappa shape index (κ3) is 6.22. The SMILES string of the molecule is COC(=O)CCN=C(Nc1ccccc1)c1ccc(C(=O)N=C2SC(C(N)=O)C(C)N2C)cc1. The lowest BCUT2D eigenvalue weighted by molar-refractivity contribution is -0.140. The Morgan fingerprint density at radius 1 is 1.09 bits per heavy atom. The predicted molar refractivity (Wildman–Crippen MR) is 134 cm³/mol. The van der Waals surface area contributed by atoms with E-state index in [4.69, 9.17) is 5.73 Å². The van der Waals surface area contributed by atoms with Crippen molar-refractivity contribution in [3.63, 3.8) is 0 Å². The third-order valence-electron chi connectivity index (χ3n) is 5.32. The standard InChI is InChI=1S/C24H27N5O4S/c1-15-20(21(25)31)34-24(29(15)2)28-23(32)17-11-9-16(10-12-17)22(26-14-13-19(30)33-3)27-18-7-5-4-6-8-18/h4-12,15,20H,13-14H2,1-3H3,(H2,25,31)(H,26,27). The van der Waals surface area contributed by atoms with E-state index in [0.717, 1.165) is 11.3 Å². The van der Waals surface area contributed by atoms with E-state index in [1.165, 1.54) is 18.9 Å². The maximum absolute atomic E-state index is 12.7. The van der Waals surface area contributed by atoms with Crippen molar-refractivity contribution in [2.24, 2.45) is 15.7 Å². The van der Waals surface area contributed by atoms with Gasteiger partial charge in [0.05, 0.1) is 20.1 Å². The number of ether oxygens (including phenoxy) is 1. The largest absolute Gasteiger partial charge is 0.469 e. The highest BCUT2D eigenvalue weighted by molar-refractivity contribution is 8.15. The van der Waals surface area contributed by atoms with Crippen molar-refractivity contribution in [3.8, 4) is 0 Å². The summed E-state index contributed by atoms with van der Waals surface area (Å²) in [6.45, 7) is 2.12. The molecular weight excluding hydrogens is 454 g/mol. The molecule has 1 aliphatic heterocycles. The van der Waals surface area contributed by atoms with Crippen molar-refractivity contribution < 1.29 is 19.1 Å². The number of hydrogen-bond acceptors (Lipinski definition) is 6. The van der Waals surface area contributed by atoms with Gasteiger partial charge in [-0.15, -0.1) is 0 Å². The smallest absolute Gasteiger partial charge is 0.307 e. The molecule has 2 aromatic rings. The molecule has 10 heteroatoms. The molecule has 0 radical (unpaired) electrons. The van der Waals surface area contributed by atoms with Crippen LogP contribution in [0.4, 0.5) is 5.69 Å². The first-order chi connectivity index (χ1) is 16.3. The van der Waals surface area contributed by atoms with Crippen LogP contribution in [-0.2, 0) is 14.3 Å². The molecule has 0 saturated carbocycles. The topological polar surface area (TPSA) is 126 Å². The van der Waals surface area contributed by atoms with Crippen LogP contribution in [0, 0.1) is 0 Å². The van der Waals surface area contributed by atoms with Gasteiger partial charge in [0.2, 0.25) is 5.91 Å². The molecular formula is C24H27N5O4S. The van der Waals surface area contributed by atoms with E-state index < -0.39 is 17.1 Å². The Labute approximate surface area is 202 Å². The molecule has 2 aromatic carbocycles. The van der Waals surface area contributed by atoms with Gasteiger partial charge in [0.25, 0.3) is 5.91 Å². The fraction of sp³-hybridized carbons (Fsp3) is 0.292. The molecule has 0 spiro atoms. The highest BCUT2D eigenvalue weighted by Gasteiger charge is 2.37. The van der Waals surface area contributed by atoms with Gasteiger partial charge in [-0.1, -0.05) is 42.1 Å². The minimum atomic E-state index is -0.452. The van der Waals surface area contributed by atoms with Crippen molar-refractivity contribution in [2.45, 2.75) is 24.6 Å². The van der Waals surface area contributed by atoms with Crippen LogP contribution in [0.1, 0.15) is 29.3 Å². The van der Waals surface area contributed by atoms with Gasteiger partial charge in [0.15, 0.2) is 5.17 Å². The highest BCUT2D eigenvalue weighted by Crippen LogP contribution is 2.30. The number of nitrogens with two attached hydrogens (primary N) is 1. The van der Waals surface area contributed by atoms with Crippen LogP contribution in [-0.4, -0.2) is 65.7 Å².